The number of nitrogens with zero attached hydrogens (tertiary/aromatic N) is 2. The van der Waals surface area contributed by atoms with Gasteiger partial charge >= 0.3 is 0 Å². The third-order valence-corrected chi connectivity index (χ3v) is 2.15. The summed E-state index contributed by atoms with van der Waals surface area (Å²) in [6, 6.07) is 7.81. The molecule has 0 unspecified atom stereocenters. The fourth-order valence-corrected chi connectivity index (χ4v) is 0.924. The van der Waals surface area contributed by atoms with Crippen LogP contribution in [-0.2, 0) is 0 Å². The molecule has 0 spiro atoms. The van der Waals surface area contributed by atoms with Crippen LogP contribution in [0.3, 0.4) is 0 Å². The highest BCUT2D eigenvalue weighted by atomic mass is 16.6. The van der Waals surface area contributed by atoms with Crippen LogP contribution in [0.4, 0.5) is 0 Å². The molecule has 0 aromatic heterocycles. The quantitative estimate of drug-likeness (QED) is 0.603. The van der Waals surface area contributed by atoms with Gasteiger partial charge in [-0.05, 0) is 43.7 Å². The first-order valence-electron chi connectivity index (χ1n) is 4.87. The van der Waals surface area contributed by atoms with Crippen molar-refractivity contribution in [3.8, 4) is 5.75 Å². The molecular formula is C11H17N3O. The van der Waals surface area contributed by atoms with Gasteiger partial charge in [0.15, 0.2) is 0 Å². The van der Waals surface area contributed by atoms with E-state index in [4.69, 9.17) is 5.90 Å². The van der Waals surface area contributed by atoms with Crippen LogP contribution in [0, 0.1) is 0 Å². The number of hydrogen-bond donors (Lipinski definition) is 1. The molecule has 1 rings (SSSR count). The van der Waals surface area contributed by atoms with Gasteiger partial charge in [-0.15, -0.1) is 0 Å². The number of hydrazone groups is 1. The number of rotatable bonds is 4. The van der Waals surface area contributed by atoms with Crippen LogP contribution in [-0.4, -0.2) is 24.3 Å². The summed E-state index contributed by atoms with van der Waals surface area (Å²) in [6.45, 7) is 4.17. The Kier molecular flexibility index (Phi) is 4.12. The minimum Gasteiger partial charge on any atom is -0.412 e. The number of nitrogens with two attached hydrogens (primary N) is 1. The molecule has 0 amide bonds. The second-order valence-corrected chi connectivity index (χ2v) is 3.60. The molecule has 0 atom stereocenters. The van der Waals surface area contributed by atoms with Crippen molar-refractivity contribution in [3.05, 3.63) is 29.8 Å². The van der Waals surface area contributed by atoms with Gasteiger partial charge in [0.1, 0.15) is 5.75 Å². The van der Waals surface area contributed by atoms with Gasteiger partial charge in [0, 0.05) is 13.1 Å². The minimum atomic E-state index is 0.396. The van der Waals surface area contributed by atoms with Gasteiger partial charge in [-0.25, -0.2) is 0 Å². The molecule has 1 aromatic rings. The summed E-state index contributed by atoms with van der Waals surface area (Å²) in [7, 11) is 1.94. The highest BCUT2D eigenvalue weighted by Crippen LogP contribution is 2.09. The van der Waals surface area contributed by atoms with Crippen molar-refractivity contribution in [2.75, 3.05) is 7.05 Å². The zero-order valence-electron chi connectivity index (χ0n) is 9.34. The fourth-order valence-electron chi connectivity index (χ4n) is 0.924. The van der Waals surface area contributed by atoms with E-state index in [9.17, 15) is 0 Å². The summed E-state index contributed by atoms with van der Waals surface area (Å²) in [5.41, 5.74) is 1.02. The summed E-state index contributed by atoms with van der Waals surface area (Å²) in [5.74, 6) is 5.66. The molecule has 0 bridgehead atoms. The Hall–Kier alpha value is -1.55. The molecule has 82 valence electrons. The Labute approximate surface area is 90.3 Å². The van der Waals surface area contributed by atoms with Crippen molar-refractivity contribution in [2.45, 2.75) is 19.9 Å². The van der Waals surface area contributed by atoms with Gasteiger partial charge in [0.2, 0.25) is 0 Å². The molecule has 0 aliphatic carbocycles. The van der Waals surface area contributed by atoms with Gasteiger partial charge in [0.05, 0.1) is 6.21 Å². The second kappa shape index (κ2) is 5.36. The van der Waals surface area contributed by atoms with Crippen molar-refractivity contribution in [3.63, 3.8) is 0 Å². The second-order valence-electron chi connectivity index (χ2n) is 3.60. The fraction of sp³-hybridized carbons (Fsp3) is 0.364. The van der Waals surface area contributed by atoms with E-state index in [-0.39, 0.29) is 0 Å². The molecule has 2 N–H and O–H groups in total. The normalized spacial score (nSPS) is 11.0. The van der Waals surface area contributed by atoms with Gasteiger partial charge in [-0.3, -0.25) is 5.01 Å². The largest absolute Gasteiger partial charge is 0.412 e. The summed E-state index contributed by atoms with van der Waals surface area (Å²) in [6.07, 6.45) is 1.81. The number of hydrogen-bond acceptors (Lipinski definition) is 4. The predicted octanol–water partition coefficient (Wildman–Crippen LogP) is 1.61. The van der Waals surface area contributed by atoms with Crippen molar-refractivity contribution in [1.82, 2.24) is 5.01 Å². The van der Waals surface area contributed by atoms with Crippen LogP contribution in [0.1, 0.15) is 19.4 Å². The van der Waals surface area contributed by atoms with E-state index in [2.05, 4.69) is 23.8 Å². The van der Waals surface area contributed by atoms with Crippen LogP contribution >= 0.6 is 0 Å². The maximum absolute atomic E-state index is 5.02. The van der Waals surface area contributed by atoms with Gasteiger partial charge in [-0.1, -0.05) is 0 Å². The molecule has 15 heavy (non-hydrogen) atoms. The van der Waals surface area contributed by atoms with E-state index in [0.717, 1.165) is 5.56 Å². The summed E-state index contributed by atoms with van der Waals surface area (Å²) < 4.78 is 0. The summed E-state index contributed by atoms with van der Waals surface area (Å²) >= 11 is 0. The van der Waals surface area contributed by atoms with E-state index < -0.39 is 0 Å². The van der Waals surface area contributed by atoms with E-state index in [1.54, 1.807) is 18.3 Å². The zero-order chi connectivity index (χ0) is 11.3. The predicted molar refractivity (Wildman–Crippen MR) is 61.8 cm³/mol. The lowest BCUT2D eigenvalue weighted by atomic mass is 10.2. The topological polar surface area (TPSA) is 50.8 Å². The SMILES string of the molecule is CC(C)N(C)/N=C/c1ccc(ON)cc1. The molecule has 0 saturated carbocycles. The van der Waals surface area contributed by atoms with Crippen molar-refractivity contribution in [2.24, 2.45) is 11.0 Å². The van der Waals surface area contributed by atoms with Crippen LogP contribution in [0.25, 0.3) is 0 Å². The molecule has 4 heteroatoms. The third kappa shape index (κ3) is 3.59. The molecule has 4 nitrogen and oxygen atoms in total. The molecule has 0 aliphatic heterocycles. The zero-order valence-corrected chi connectivity index (χ0v) is 9.34. The Balaban J connectivity index is 2.64. The first kappa shape index (κ1) is 11.5. The Morgan fingerprint density at radius 3 is 2.40 bits per heavy atom. The maximum Gasteiger partial charge on any atom is 0.146 e. The first-order chi connectivity index (χ1) is 7.13. The van der Waals surface area contributed by atoms with Gasteiger partial charge < -0.3 is 4.84 Å². The van der Waals surface area contributed by atoms with Gasteiger partial charge in [-0.2, -0.15) is 11.0 Å². The van der Waals surface area contributed by atoms with Crippen LogP contribution in [0.5, 0.6) is 5.75 Å². The molecule has 0 radical (unpaired) electrons. The monoisotopic (exact) mass is 207 g/mol. The van der Waals surface area contributed by atoms with E-state index >= 15 is 0 Å². The molecular weight excluding hydrogens is 190 g/mol. The van der Waals surface area contributed by atoms with E-state index in [1.165, 1.54) is 0 Å². The lowest BCUT2D eigenvalue weighted by Gasteiger charge is -2.16. The Morgan fingerprint density at radius 2 is 1.93 bits per heavy atom. The Bertz CT molecular complexity index is 319. The maximum atomic E-state index is 5.02. The standard InChI is InChI=1S/C11H17N3O/c1-9(2)14(3)13-8-10-4-6-11(15-12)7-5-10/h4-9H,12H2,1-3H3/b13-8+. The lowest BCUT2D eigenvalue weighted by Crippen LogP contribution is -2.20. The lowest BCUT2D eigenvalue weighted by molar-refractivity contribution is 0.290. The van der Waals surface area contributed by atoms with Crippen LogP contribution in [0.2, 0.25) is 0 Å². The minimum absolute atomic E-state index is 0.396. The van der Waals surface area contributed by atoms with E-state index in [1.807, 2.05) is 24.2 Å². The smallest absolute Gasteiger partial charge is 0.146 e. The van der Waals surface area contributed by atoms with Gasteiger partial charge in [0.25, 0.3) is 0 Å². The first-order valence-corrected chi connectivity index (χ1v) is 4.87. The van der Waals surface area contributed by atoms with Crippen molar-refractivity contribution in [1.29, 1.82) is 0 Å². The summed E-state index contributed by atoms with van der Waals surface area (Å²) in [5, 5.41) is 6.18. The van der Waals surface area contributed by atoms with E-state index in [0.29, 0.717) is 11.8 Å². The summed E-state index contributed by atoms with van der Waals surface area (Å²) in [4.78, 5) is 4.58. The highest BCUT2D eigenvalue weighted by molar-refractivity contribution is 5.79. The average molecular weight is 207 g/mol. The van der Waals surface area contributed by atoms with Crippen molar-refractivity contribution < 1.29 is 4.84 Å². The average Bonchev–Trinajstić information content (AvgIpc) is 2.26. The highest BCUT2D eigenvalue weighted by Gasteiger charge is 1.97. The van der Waals surface area contributed by atoms with Crippen LogP contribution < -0.4 is 10.7 Å². The molecule has 0 saturated heterocycles. The third-order valence-electron chi connectivity index (χ3n) is 2.15. The molecule has 1 aromatic carbocycles. The molecule has 0 aliphatic rings. The number of benzene rings is 1. The molecule has 0 fully saturated rings. The molecule has 0 heterocycles. The van der Waals surface area contributed by atoms with Crippen LogP contribution in [0.15, 0.2) is 29.4 Å². The van der Waals surface area contributed by atoms with Crippen molar-refractivity contribution >= 4 is 6.21 Å². The Morgan fingerprint density at radius 1 is 1.33 bits per heavy atom.